The fourth-order valence-electron chi connectivity index (χ4n) is 6.69. The average molecular weight is 496 g/mol. The number of likely N-dealkylation sites (N-methyl/N-ethyl adjacent to an activating group) is 1. The molecule has 2 aliphatic carbocycles. The predicted molar refractivity (Wildman–Crippen MR) is 142 cm³/mol. The lowest BCUT2D eigenvalue weighted by Gasteiger charge is -2.38. The molecule has 1 aromatic carbocycles. The summed E-state index contributed by atoms with van der Waals surface area (Å²) in [6.45, 7) is 3.77. The van der Waals surface area contributed by atoms with E-state index in [0.29, 0.717) is 44.1 Å². The molecule has 0 amide bonds. The zero-order chi connectivity index (χ0) is 25.6. The van der Waals surface area contributed by atoms with Crippen molar-refractivity contribution >= 4 is 24.9 Å². The molecule has 2 saturated heterocycles. The maximum absolute atomic E-state index is 14.2. The Morgan fingerprint density at radius 1 is 1.27 bits per heavy atom. The Morgan fingerprint density at radius 2 is 2.16 bits per heavy atom. The number of rotatable bonds is 5. The number of benzene rings is 1. The first-order valence-corrected chi connectivity index (χ1v) is 13.5. The third kappa shape index (κ3) is 4.40. The monoisotopic (exact) mass is 496 g/mol. The van der Waals surface area contributed by atoms with Crippen molar-refractivity contribution in [2.75, 3.05) is 44.7 Å². The second-order valence-corrected chi connectivity index (χ2v) is 11.2. The molecule has 1 spiro atoms. The van der Waals surface area contributed by atoms with E-state index in [-0.39, 0.29) is 17.8 Å². The van der Waals surface area contributed by atoms with Crippen LogP contribution in [-0.2, 0) is 19.3 Å². The molecule has 2 fully saturated rings. The number of nitriles is 1. The molecule has 0 bridgehead atoms. The van der Waals surface area contributed by atoms with Gasteiger partial charge in [0.05, 0.1) is 12.5 Å². The number of ketones is 1. The molecule has 0 saturated carbocycles. The highest BCUT2D eigenvalue weighted by atomic mass is 16.5. The summed E-state index contributed by atoms with van der Waals surface area (Å²) in [7, 11) is 8.42. The van der Waals surface area contributed by atoms with Gasteiger partial charge in [0, 0.05) is 42.7 Å². The first-order chi connectivity index (χ1) is 18.0. The normalized spacial score (nSPS) is 27.2. The van der Waals surface area contributed by atoms with Gasteiger partial charge in [-0.15, -0.1) is 0 Å². The molecule has 1 unspecified atom stereocenters. The quantitative estimate of drug-likeness (QED) is 0.621. The number of fused-ring (bicyclic) bond motifs is 2. The summed E-state index contributed by atoms with van der Waals surface area (Å²) in [4.78, 5) is 28.4. The van der Waals surface area contributed by atoms with Crippen molar-refractivity contribution in [3.8, 4) is 12.1 Å². The van der Waals surface area contributed by atoms with Crippen LogP contribution in [0.2, 0.25) is 0 Å². The number of ether oxygens (including phenoxy) is 1. The smallest absolute Gasteiger partial charge is 0.319 e. The molecule has 3 atom stereocenters. The van der Waals surface area contributed by atoms with Gasteiger partial charge in [0.15, 0.2) is 5.78 Å². The van der Waals surface area contributed by atoms with Gasteiger partial charge in [0.2, 0.25) is 0 Å². The lowest BCUT2D eigenvalue weighted by molar-refractivity contribution is 0.0761. The van der Waals surface area contributed by atoms with E-state index < -0.39 is 5.41 Å². The minimum atomic E-state index is -0.508. The van der Waals surface area contributed by atoms with Crippen LogP contribution in [0, 0.1) is 16.7 Å². The van der Waals surface area contributed by atoms with Gasteiger partial charge in [-0.25, -0.2) is 0 Å². The number of nitrogens with one attached hydrogen (secondary N) is 1. The highest BCUT2D eigenvalue weighted by molar-refractivity contribution is 6.33. The van der Waals surface area contributed by atoms with Crippen molar-refractivity contribution in [2.45, 2.75) is 57.0 Å². The Hall–Kier alpha value is -2.96. The zero-order valence-electron chi connectivity index (χ0n) is 21.5. The van der Waals surface area contributed by atoms with Crippen LogP contribution in [0.4, 0.5) is 5.82 Å². The van der Waals surface area contributed by atoms with Crippen LogP contribution < -0.4 is 20.4 Å². The molecular weight excluding hydrogens is 463 g/mol. The molecule has 8 nitrogen and oxygen atoms in total. The summed E-state index contributed by atoms with van der Waals surface area (Å²) in [5, 5.41) is 12.7. The van der Waals surface area contributed by atoms with E-state index in [4.69, 9.17) is 22.6 Å². The molecule has 1 N–H and O–H groups in total. The second kappa shape index (κ2) is 9.73. The number of likely N-dealkylation sites (tertiary alicyclic amines) is 1. The highest BCUT2D eigenvalue weighted by Gasteiger charge is 2.49. The summed E-state index contributed by atoms with van der Waals surface area (Å²) < 4.78 is 6.18. The summed E-state index contributed by atoms with van der Waals surface area (Å²) in [5.41, 5.74) is 3.97. The van der Waals surface area contributed by atoms with Crippen LogP contribution in [-0.4, -0.2) is 80.4 Å². The zero-order valence-corrected chi connectivity index (χ0v) is 21.5. The van der Waals surface area contributed by atoms with E-state index in [1.165, 1.54) is 5.56 Å². The highest BCUT2D eigenvalue weighted by Crippen LogP contribution is 2.47. The molecule has 6 rings (SSSR count). The number of aromatic nitrogens is 2. The molecule has 2 aliphatic heterocycles. The Morgan fingerprint density at radius 3 is 2.95 bits per heavy atom. The van der Waals surface area contributed by atoms with E-state index in [9.17, 15) is 10.1 Å². The first kappa shape index (κ1) is 24.4. The van der Waals surface area contributed by atoms with Crippen LogP contribution in [0.15, 0.2) is 18.2 Å². The van der Waals surface area contributed by atoms with Crippen molar-refractivity contribution in [1.29, 1.82) is 5.26 Å². The van der Waals surface area contributed by atoms with Gasteiger partial charge in [-0.3, -0.25) is 4.79 Å². The Kier molecular flexibility index (Phi) is 6.41. The number of carbonyl (C=O) groups is 1. The van der Waals surface area contributed by atoms with E-state index in [0.717, 1.165) is 67.7 Å². The molecule has 190 valence electrons. The van der Waals surface area contributed by atoms with Gasteiger partial charge in [0.1, 0.15) is 26.0 Å². The summed E-state index contributed by atoms with van der Waals surface area (Å²) in [6, 6.07) is 8.95. The van der Waals surface area contributed by atoms with Gasteiger partial charge >= 0.3 is 6.01 Å². The van der Waals surface area contributed by atoms with Crippen molar-refractivity contribution in [3.63, 3.8) is 0 Å². The van der Waals surface area contributed by atoms with Gasteiger partial charge in [-0.2, -0.15) is 15.2 Å². The van der Waals surface area contributed by atoms with Crippen LogP contribution in [0.3, 0.4) is 0 Å². The molecule has 2 radical (unpaired) electrons. The average Bonchev–Trinajstić information content (AvgIpc) is 3.49. The number of piperazine rings is 1. The van der Waals surface area contributed by atoms with Gasteiger partial charge in [-0.05, 0) is 57.7 Å². The Bertz CT molecular complexity index is 1260. The maximum atomic E-state index is 14.2. The van der Waals surface area contributed by atoms with E-state index in [2.05, 4.69) is 34.3 Å². The SMILES string of the molecule is [B]c1cccc2c1CC1(CCc3c(nc(OC[C@@H]4CCCN4C)nc3N3CCN[C@@H](CC#N)C3)C1=O)C2. The molecule has 1 aromatic heterocycles. The van der Waals surface area contributed by atoms with Crippen LogP contribution in [0.5, 0.6) is 6.01 Å². The number of hydrogen-bond donors (Lipinski definition) is 1. The number of anilines is 1. The van der Waals surface area contributed by atoms with Crippen molar-refractivity contribution in [2.24, 2.45) is 5.41 Å². The minimum absolute atomic E-state index is 0.0683. The summed E-state index contributed by atoms with van der Waals surface area (Å²) in [6.07, 6.45) is 5.53. The second-order valence-electron chi connectivity index (χ2n) is 11.2. The minimum Gasteiger partial charge on any atom is -0.462 e. The lowest BCUT2D eigenvalue weighted by atomic mass is 9.70. The van der Waals surface area contributed by atoms with Gasteiger partial charge < -0.3 is 19.9 Å². The van der Waals surface area contributed by atoms with Crippen molar-refractivity contribution < 1.29 is 9.53 Å². The van der Waals surface area contributed by atoms with Crippen molar-refractivity contribution in [1.82, 2.24) is 20.2 Å². The predicted octanol–water partition coefficient (Wildman–Crippen LogP) is 1.35. The number of nitrogens with zero attached hydrogens (tertiary/aromatic N) is 5. The number of Topliss-reactive ketones (excluding diaryl/α,β-unsaturated/α-hetero) is 1. The number of hydrogen-bond acceptors (Lipinski definition) is 8. The van der Waals surface area contributed by atoms with E-state index in [1.54, 1.807) is 0 Å². The molecule has 4 aliphatic rings. The number of carbonyl (C=O) groups excluding carboxylic acids is 1. The summed E-state index contributed by atoms with van der Waals surface area (Å²) >= 11 is 0. The molecule has 2 aromatic rings. The summed E-state index contributed by atoms with van der Waals surface area (Å²) in [5.74, 6) is 0.877. The van der Waals surface area contributed by atoms with Crippen molar-refractivity contribution in [3.05, 3.63) is 40.6 Å². The largest absolute Gasteiger partial charge is 0.462 e. The van der Waals surface area contributed by atoms with E-state index >= 15 is 0 Å². The topological polar surface area (TPSA) is 94.4 Å². The van der Waals surface area contributed by atoms with Gasteiger partial charge in [-0.1, -0.05) is 29.2 Å². The Balaban J connectivity index is 1.35. The fraction of sp³-hybridized carbons (Fsp3) is 0.571. The first-order valence-electron chi connectivity index (χ1n) is 13.5. The molecule has 37 heavy (non-hydrogen) atoms. The standard InChI is InChI=1S/C28H33BN6O2/c1-34-12-3-5-20(34)17-37-27-32-24-21(26(33-27)35-13-11-31-19(16-35)8-10-30)7-9-28(25(24)36)14-18-4-2-6-23(29)22(18)15-28/h2,4,6,19-20,31H,3,5,7-9,11-17H2,1H3/t19-,20-,28?/m0/s1. The van der Waals surface area contributed by atoms with Crippen LogP contribution in [0.25, 0.3) is 0 Å². The third-order valence-corrected chi connectivity index (χ3v) is 8.84. The van der Waals surface area contributed by atoms with Crippen LogP contribution >= 0.6 is 0 Å². The molecular formula is C28H33BN6O2. The lowest BCUT2D eigenvalue weighted by Crippen LogP contribution is -2.51. The maximum Gasteiger partial charge on any atom is 0.319 e. The van der Waals surface area contributed by atoms with Crippen LogP contribution in [0.1, 0.15) is 52.9 Å². The third-order valence-electron chi connectivity index (χ3n) is 8.84. The van der Waals surface area contributed by atoms with Gasteiger partial charge in [0.25, 0.3) is 0 Å². The Labute approximate surface area is 219 Å². The molecule has 3 heterocycles. The van der Waals surface area contributed by atoms with E-state index in [1.807, 2.05) is 12.1 Å². The fourth-order valence-corrected chi connectivity index (χ4v) is 6.69. The molecule has 9 heteroatoms.